The average molecular weight is 252 g/mol. The fourth-order valence-corrected chi connectivity index (χ4v) is 2.54. The molecule has 2 aliphatic rings. The van der Waals surface area contributed by atoms with Gasteiger partial charge in [-0.15, -0.1) is 5.10 Å². The van der Waals surface area contributed by atoms with Crippen LogP contribution in [0.5, 0.6) is 0 Å². The lowest BCUT2D eigenvalue weighted by atomic mass is 10.3. The molecule has 1 N–H and O–H groups in total. The molecule has 2 aliphatic carbocycles. The lowest BCUT2D eigenvalue weighted by molar-refractivity contribution is 0.597. The smallest absolute Gasteiger partial charge is 0.226 e. The van der Waals surface area contributed by atoms with Crippen LogP contribution in [-0.2, 0) is 0 Å². The Morgan fingerprint density at radius 3 is 2.65 bits per heavy atom. The van der Waals surface area contributed by atoms with Crippen molar-refractivity contribution in [1.82, 2.24) is 14.8 Å². The maximum atomic E-state index is 5.34. The van der Waals surface area contributed by atoms with Gasteiger partial charge in [0.05, 0.1) is 0 Å². The van der Waals surface area contributed by atoms with Gasteiger partial charge in [0, 0.05) is 18.6 Å². The van der Waals surface area contributed by atoms with Crippen molar-refractivity contribution in [2.24, 2.45) is 5.92 Å². The van der Waals surface area contributed by atoms with E-state index in [2.05, 4.69) is 33.5 Å². The van der Waals surface area contributed by atoms with Crippen molar-refractivity contribution in [3.05, 3.63) is 4.77 Å². The molecule has 0 radical (unpaired) electrons. The topological polar surface area (TPSA) is 36.9 Å². The zero-order valence-corrected chi connectivity index (χ0v) is 11.3. The highest BCUT2D eigenvalue weighted by Gasteiger charge is 2.32. The van der Waals surface area contributed by atoms with E-state index in [1.54, 1.807) is 0 Å². The van der Waals surface area contributed by atoms with Crippen LogP contribution in [0.1, 0.15) is 45.6 Å². The van der Waals surface area contributed by atoms with Crippen LogP contribution in [-0.4, -0.2) is 27.4 Å². The zero-order valence-electron chi connectivity index (χ0n) is 10.5. The van der Waals surface area contributed by atoms with E-state index in [0.29, 0.717) is 12.1 Å². The van der Waals surface area contributed by atoms with Crippen LogP contribution < -0.4 is 4.90 Å². The van der Waals surface area contributed by atoms with Crippen LogP contribution in [0.2, 0.25) is 0 Å². The molecule has 17 heavy (non-hydrogen) atoms. The molecular weight excluding hydrogens is 232 g/mol. The molecule has 0 saturated heterocycles. The van der Waals surface area contributed by atoms with Gasteiger partial charge in [0.15, 0.2) is 4.77 Å². The fourth-order valence-electron chi connectivity index (χ4n) is 2.26. The molecule has 1 heterocycles. The minimum atomic E-state index is 0.485. The third-order valence-electron chi connectivity index (χ3n) is 3.63. The minimum Gasteiger partial charge on any atom is -0.338 e. The molecule has 3 rings (SSSR count). The average Bonchev–Trinajstić information content (AvgIpc) is 3.17. The number of hydrogen-bond donors (Lipinski definition) is 1. The lowest BCUT2D eigenvalue weighted by Crippen LogP contribution is -2.35. The summed E-state index contributed by atoms with van der Waals surface area (Å²) in [6, 6.07) is 1.08. The molecule has 0 aliphatic heterocycles. The van der Waals surface area contributed by atoms with E-state index in [9.17, 15) is 0 Å². The molecule has 0 bridgehead atoms. The molecule has 0 atom stereocenters. The third kappa shape index (κ3) is 2.25. The van der Waals surface area contributed by atoms with E-state index in [0.717, 1.165) is 23.2 Å². The molecule has 1 aromatic heterocycles. The van der Waals surface area contributed by atoms with Gasteiger partial charge in [-0.25, -0.2) is 5.10 Å². The molecule has 0 spiro atoms. The molecule has 0 amide bonds. The first-order chi connectivity index (χ1) is 8.16. The SMILES string of the molecule is CC(C)N(CC1CC1)c1n[nH]c(=S)n1C1CC1. The Hall–Kier alpha value is -0.840. The molecule has 2 fully saturated rings. The van der Waals surface area contributed by atoms with Gasteiger partial charge >= 0.3 is 0 Å². The first kappa shape index (κ1) is 11.3. The van der Waals surface area contributed by atoms with E-state index in [4.69, 9.17) is 12.2 Å². The number of hydrogen-bond acceptors (Lipinski definition) is 3. The number of aromatic amines is 1. The van der Waals surface area contributed by atoms with E-state index in [-0.39, 0.29) is 0 Å². The van der Waals surface area contributed by atoms with Crippen LogP contribution in [0.25, 0.3) is 0 Å². The van der Waals surface area contributed by atoms with Crippen LogP contribution in [0.3, 0.4) is 0 Å². The maximum Gasteiger partial charge on any atom is 0.226 e. The monoisotopic (exact) mass is 252 g/mol. The summed E-state index contributed by atoms with van der Waals surface area (Å²) in [6.45, 7) is 5.60. The summed E-state index contributed by atoms with van der Waals surface area (Å²) in [5.74, 6) is 1.93. The zero-order chi connectivity index (χ0) is 12.0. The fraction of sp³-hybridized carbons (Fsp3) is 0.833. The van der Waals surface area contributed by atoms with Crippen molar-refractivity contribution >= 4 is 18.2 Å². The molecule has 0 aromatic carbocycles. The summed E-state index contributed by atoms with van der Waals surface area (Å²) >= 11 is 5.34. The Morgan fingerprint density at radius 1 is 1.41 bits per heavy atom. The van der Waals surface area contributed by atoms with Gasteiger partial charge in [-0.1, -0.05) is 0 Å². The summed E-state index contributed by atoms with van der Waals surface area (Å²) in [5.41, 5.74) is 0. The van der Waals surface area contributed by atoms with Crippen molar-refractivity contribution in [2.75, 3.05) is 11.4 Å². The Morgan fingerprint density at radius 2 is 2.12 bits per heavy atom. The van der Waals surface area contributed by atoms with Gasteiger partial charge in [0.2, 0.25) is 5.95 Å². The maximum absolute atomic E-state index is 5.34. The van der Waals surface area contributed by atoms with Gasteiger partial charge in [0.25, 0.3) is 0 Å². The summed E-state index contributed by atoms with van der Waals surface area (Å²) in [4.78, 5) is 2.41. The second kappa shape index (κ2) is 4.12. The molecule has 0 unspecified atom stereocenters. The first-order valence-corrected chi connectivity index (χ1v) is 7.01. The third-order valence-corrected chi connectivity index (χ3v) is 3.92. The standard InChI is InChI=1S/C12H20N4S/c1-8(2)15(7-9-3-4-9)11-13-14-12(17)16(11)10-5-6-10/h8-10H,3-7H2,1-2H3,(H,14,17). The first-order valence-electron chi connectivity index (χ1n) is 6.60. The normalized spacial score (nSPS) is 19.9. The van der Waals surface area contributed by atoms with Gasteiger partial charge in [-0.3, -0.25) is 4.57 Å². The molecule has 2 saturated carbocycles. The molecular formula is C12H20N4S. The predicted octanol–water partition coefficient (Wildman–Crippen LogP) is 2.90. The number of H-pyrrole nitrogens is 1. The Bertz CT molecular complexity index is 453. The highest BCUT2D eigenvalue weighted by Crippen LogP contribution is 2.39. The Balaban J connectivity index is 1.90. The van der Waals surface area contributed by atoms with Gasteiger partial charge < -0.3 is 4.90 Å². The van der Waals surface area contributed by atoms with Gasteiger partial charge in [-0.2, -0.15) is 0 Å². The van der Waals surface area contributed by atoms with Crippen LogP contribution in [0.4, 0.5) is 5.95 Å². The molecule has 94 valence electrons. The molecule has 1 aromatic rings. The minimum absolute atomic E-state index is 0.485. The van der Waals surface area contributed by atoms with E-state index >= 15 is 0 Å². The van der Waals surface area contributed by atoms with Crippen molar-refractivity contribution in [3.8, 4) is 0 Å². The van der Waals surface area contributed by atoms with Gasteiger partial charge in [-0.05, 0) is 57.7 Å². The summed E-state index contributed by atoms with van der Waals surface area (Å²) < 4.78 is 3.00. The summed E-state index contributed by atoms with van der Waals surface area (Å²) in [7, 11) is 0. The second-order valence-corrected chi connectivity index (χ2v) is 6.01. The highest BCUT2D eigenvalue weighted by molar-refractivity contribution is 7.71. The summed E-state index contributed by atoms with van der Waals surface area (Å²) in [5, 5.41) is 7.41. The second-order valence-electron chi connectivity index (χ2n) is 5.62. The van der Waals surface area contributed by atoms with Crippen molar-refractivity contribution in [1.29, 1.82) is 0 Å². The van der Waals surface area contributed by atoms with E-state index in [1.165, 1.54) is 25.7 Å². The number of nitrogens with one attached hydrogen (secondary N) is 1. The lowest BCUT2D eigenvalue weighted by Gasteiger charge is -2.27. The van der Waals surface area contributed by atoms with Crippen LogP contribution in [0, 0.1) is 10.7 Å². The summed E-state index contributed by atoms with van der Waals surface area (Å²) in [6.07, 6.45) is 5.24. The Labute approximate surface area is 107 Å². The quantitative estimate of drug-likeness (QED) is 0.819. The van der Waals surface area contributed by atoms with Gasteiger partial charge in [0.1, 0.15) is 0 Å². The molecule has 5 heteroatoms. The number of aromatic nitrogens is 3. The van der Waals surface area contributed by atoms with Crippen molar-refractivity contribution in [2.45, 2.75) is 51.6 Å². The Kier molecular flexibility index (Phi) is 2.73. The van der Waals surface area contributed by atoms with Crippen molar-refractivity contribution in [3.63, 3.8) is 0 Å². The number of anilines is 1. The van der Waals surface area contributed by atoms with E-state index < -0.39 is 0 Å². The highest BCUT2D eigenvalue weighted by atomic mass is 32.1. The number of rotatable bonds is 5. The van der Waals surface area contributed by atoms with Crippen LogP contribution >= 0.6 is 12.2 Å². The largest absolute Gasteiger partial charge is 0.338 e. The number of nitrogens with zero attached hydrogens (tertiary/aromatic N) is 3. The predicted molar refractivity (Wildman–Crippen MR) is 70.9 cm³/mol. The van der Waals surface area contributed by atoms with Crippen molar-refractivity contribution < 1.29 is 0 Å². The molecule has 4 nitrogen and oxygen atoms in total. The van der Waals surface area contributed by atoms with E-state index in [1.807, 2.05) is 0 Å². The van der Waals surface area contributed by atoms with Crippen LogP contribution in [0.15, 0.2) is 0 Å².